The van der Waals surface area contributed by atoms with Crippen LogP contribution >= 0.6 is 27.7 Å². The van der Waals surface area contributed by atoms with Crippen molar-refractivity contribution in [1.29, 1.82) is 0 Å². The van der Waals surface area contributed by atoms with Gasteiger partial charge in [-0.15, -0.1) is 0 Å². The fourth-order valence-electron chi connectivity index (χ4n) is 1.58. The number of hydrogen-bond donors (Lipinski definition) is 0. The molecule has 1 aromatic rings. The minimum Gasteiger partial charge on any atom is -0.258 e. The first kappa shape index (κ1) is 17.4. The Morgan fingerprint density at radius 1 is 1.50 bits per heavy atom. The van der Waals surface area contributed by atoms with E-state index in [-0.39, 0.29) is 10.9 Å². The van der Waals surface area contributed by atoms with Crippen molar-refractivity contribution in [3.63, 3.8) is 0 Å². The van der Waals surface area contributed by atoms with E-state index in [1.54, 1.807) is 6.92 Å². The van der Waals surface area contributed by atoms with Crippen LogP contribution in [0.1, 0.15) is 6.92 Å². The van der Waals surface area contributed by atoms with Crippen LogP contribution in [-0.4, -0.2) is 42.7 Å². The minimum absolute atomic E-state index is 0.256. The second-order valence-corrected chi connectivity index (χ2v) is 7.99. The van der Waals surface area contributed by atoms with Crippen LogP contribution in [0.3, 0.4) is 0 Å². The predicted molar refractivity (Wildman–Crippen MR) is 83.6 cm³/mol. The molecule has 20 heavy (non-hydrogen) atoms. The molecule has 1 rings (SSSR count). The molecule has 0 aromatic heterocycles. The van der Waals surface area contributed by atoms with Gasteiger partial charge in [-0.2, -0.15) is 16.1 Å². The lowest BCUT2D eigenvalue weighted by molar-refractivity contribution is -0.387. The van der Waals surface area contributed by atoms with Crippen LogP contribution in [0, 0.1) is 10.1 Å². The molecule has 1 unspecified atom stereocenters. The molecule has 0 radical (unpaired) electrons. The van der Waals surface area contributed by atoms with Gasteiger partial charge in [0, 0.05) is 29.4 Å². The molecule has 112 valence electrons. The third-order valence-electron chi connectivity index (χ3n) is 2.80. The Morgan fingerprint density at radius 2 is 2.10 bits per heavy atom. The maximum atomic E-state index is 12.5. The van der Waals surface area contributed by atoms with Gasteiger partial charge < -0.3 is 0 Å². The quantitative estimate of drug-likeness (QED) is 0.557. The minimum atomic E-state index is -3.91. The Balaban J connectivity index is 3.34. The van der Waals surface area contributed by atoms with Crippen molar-refractivity contribution in [3.8, 4) is 0 Å². The number of hydrogen-bond acceptors (Lipinski definition) is 5. The van der Waals surface area contributed by atoms with Crippen LogP contribution in [0.4, 0.5) is 5.69 Å². The molecule has 9 heteroatoms. The average Bonchev–Trinajstić information content (AvgIpc) is 2.37. The van der Waals surface area contributed by atoms with E-state index < -0.39 is 20.6 Å². The van der Waals surface area contributed by atoms with Gasteiger partial charge in [0.2, 0.25) is 10.0 Å². The summed E-state index contributed by atoms with van der Waals surface area (Å²) in [6, 6.07) is 3.64. The zero-order valence-electron chi connectivity index (χ0n) is 11.2. The maximum Gasteiger partial charge on any atom is 0.289 e. The van der Waals surface area contributed by atoms with E-state index in [0.29, 0.717) is 10.2 Å². The van der Waals surface area contributed by atoms with E-state index >= 15 is 0 Å². The first-order valence-corrected chi connectivity index (χ1v) is 9.25. The highest BCUT2D eigenvalue weighted by Crippen LogP contribution is 2.30. The molecule has 0 amide bonds. The average molecular weight is 383 g/mol. The van der Waals surface area contributed by atoms with Gasteiger partial charge in [-0.3, -0.25) is 10.1 Å². The lowest BCUT2D eigenvalue weighted by Crippen LogP contribution is -2.36. The summed E-state index contributed by atoms with van der Waals surface area (Å²) in [5, 5.41) is 11.0. The standard InChI is InChI=1S/C11H15BrN2O4S2/c1-8(7-19-3)13(2)20(17,18)11-6-9(12)4-5-10(11)14(15)16/h4-6,8H,7H2,1-3H3. The first-order valence-electron chi connectivity index (χ1n) is 5.62. The molecule has 0 heterocycles. The smallest absolute Gasteiger partial charge is 0.258 e. The zero-order chi connectivity index (χ0) is 15.5. The highest BCUT2D eigenvalue weighted by molar-refractivity contribution is 9.10. The first-order chi connectivity index (χ1) is 9.21. The van der Waals surface area contributed by atoms with Crippen molar-refractivity contribution < 1.29 is 13.3 Å². The number of nitro benzene ring substituents is 1. The molecule has 0 bridgehead atoms. The van der Waals surface area contributed by atoms with E-state index in [9.17, 15) is 18.5 Å². The summed E-state index contributed by atoms with van der Waals surface area (Å²) in [5.74, 6) is 0.609. The Morgan fingerprint density at radius 3 is 2.60 bits per heavy atom. The molecule has 0 spiro atoms. The van der Waals surface area contributed by atoms with Gasteiger partial charge in [0.25, 0.3) is 5.69 Å². The number of sulfonamides is 1. The molecule has 0 saturated heterocycles. The van der Waals surface area contributed by atoms with Gasteiger partial charge in [0.05, 0.1) is 4.92 Å². The lowest BCUT2D eigenvalue weighted by Gasteiger charge is -2.23. The fraction of sp³-hybridized carbons (Fsp3) is 0.455. The Labute approximate surface area is 130 Å². The normalized spacial score (nSPS) is 13.4. The zero-order valence-corrected chi connectivity index (χ0v) is 14.5. The molecule has 0 fully saturated rings. The Hall–Kier alpha value is -0.640. The highest BCUT2D eigenvalue weighted by Gasteiger charge is 2.32. The summed E-state index contributed by atoms with van der Waals surface area (Å²) in [7, 11) is -2.48. The van der Waals surface area contributed by atoms with Crippen molar-refractivity contribution in [1.82, 2.24) is 4.31 Å². The monoisotopic (exact) mass is 382 g/mol. The predicted octanol–water partition coefficient (Wildman–Crippen LogP) is 2.73. The van der Waals surface area contributed by atoms with Gasteiger partial charge in [-0.25, -0.2) is 8.42 Å². The molecule has 6 nitrogen and oxygen atoms in total. The second kappa shape index (κ2) is 6.88. The third kappa shape index (κ3) is 3.72. The fourth-order valence-corrected chi connectivity index (χ4v) is 4.44. The van der Waals surface area contributed by atoms with Crippen LogP contribution in [0.25, 0.3) is 0 Å². The Kier molecular flexibility index (Phi) is 5.99. The SMILES string of the molecule is CSCC(C)N(C)S(=O)(=O)c1cc(Br)ccc1[N+](=O)[O-]. The largest absolute Gasteiger partial charge is 0.289 e. The van der Waals surface area contributed by atoms with Crippen LogP contribution in [-0.2, 0) is 10.0 Å². The molecule has 1 atom stereocenters. The van der Waals surface area contributed by atoms with Crippen molar-refractivity contribution in [2.45, 2.75) is 17.9 Å². The molecule has 0 aliphatic rings. The van der Waals surface area contributed by atoms with Crippen molar-refractivity contribution >= 4 is 43.4 Å². The van der Waals surface area contributed by atoms with Crippen molar-refractivity contribution in [2.24, 2.45) is 0 Å². The van der Waals surface area contributed by atoms with Gasteiger partial charge in [0.1, 0.15) is 0 Å². The van der Waals surface area contributed by atoms with Crippen molar-refractivity contribution in [2.75, 3.05) is 19.1 Å². The molecule has 0 aliphatic heterocycles. The summed E-state index contributed by atoms with van der Waals surface area (Å²) in [4.78, 5) is 10.0. The number of nitro groups is 1. The van der Waals surface area contributed by atoms with Crippen molar-refractivity contribution in [3.05, 3.63) is 32.8 Å². The van der Waals surface area contributed by atoms with E-state index in [2.05, 4.69) is 15.9 Å². The van der Waals surface area contributed by atoms with E-state index in [1.807, 2.05) is 6.26 Å². The van der Waals surface area contributed by atoms with Gasteiger partial charge in [-0.1, -0.05) is 15.9 Å². The summed E-state index contributed by atoms with van der Waals surface area (Å²) >= 11 is 4.66. The van der Waals surface area contributed by atoms with E-state index in [0.717, 1.165) is 4.31 Å². The molecule has 0 saturated carbocycles. The summed E-state index contributed by atoms with van der Waals surface area (Å²) in [5.41, 5.74) is -0.420. The molecule has 0 N–H and O–H groups in total. The van der Waals surface area contributed by atoms with Gasteiger partial charge in [-0.05, 0) is 25.3 Å². The number of thioether (sulfide) groups is 1. The van der Waals surface area contributed by atoms with E-state index in [4.69, 9.17) is 0 Å². The summed E-state index contributed by atoms with van der Waals surface area (Å²) in [6.45, 7) is 1.76. The number of rotatable bonds is 6. The van der Waals surface area contributed by atoms with Gasteiger partial charge >= 0.3 is 0 Å². The molecule has 0 aliphatic carbocycles. The molecular formula is C11H15BrN2O4S2. The van der Waals surface area contributed by atoms with E-state index in [1.165, 1.54) is 37.0 Å². The number of benzene rings is 1. The molecular weight excluding hydrogens is 368 g/mol. The highest BCUT2D eigenvalue weighted by atomic mass is 79.9. The van der Waals surface area contributed by atoms with Gasteiger partial charge in [0.15, 0.2) is 4.90 Å². The van der Waals surface area contributed by atoms with Crippen LogP contribution in [0.2, 0.25) is 0 Å². The van der Waals surface area contributed by atoms with Crippen LogP contribution in [0.5, 0.6) is 0 Å². The Bertz CT molecular complexity index is 606. The summed E-state index contributed by atoms with van der Waals surface area (Å²) in [6.07, 6.45) is 1.87. The summed E-state index contributed by atoms with van der Waals surface area (Å²) < 4.78 is 26.7. The number of nitrogens with zero attached hydrogens (tertiary/aromatic N) is 2. The van der Waals surface area contributed by atoms with Crippen LogP contribution < -0.4 is 0 Å². The molecule has 1 aromatic carbocycles. The third-order valence-corrected chi connectivity index (χ3v) is 6.11. The number of halogens is 1. The second-order valence-electron chi connectivity index (χ2n) is 4.19. The maximum absolute atomic E-state index is 12.5. The lowest BCUT2D eigenvalue weighted by atomic mass is 10.3. The topological polar surface area (TPSA) is 80.5 Å². The van der Waals surface area contributed by atoms with Crippen LogP contribution in [0.15, 0.2) is 27.6 Å².